The highest BCUT2D eigenvalue weighted by Gasteiger charge is 2.31. The van der Waals surface area contributed by atoms with Gasteiger partial charge in [-0.2, -0.15) is 0 Å². The standard InChI is InChI=1S/C17H27FN2O/c1-2-15(16-7-6-14(18)12-19-16)20-13-17(10-11-21)8-4-3-5-9-17/h6-7,12,15,20-21H,2-5,8-11,13H2,1H3. The van der Waals surface area contributed by atoms with Crippen LogP contribution in [-0.4, -0.2) is 23.2 Å². The second-order valence-electron chi connectivity index (χ2n) is 6.28. The lowest BCUT2D eigenvalue weighted by Gasteiger charge is -2.38. The van der Waals surface area contributed by atoms with Gasteiger partial charge in [0.1, 0.15) is 5.82 Å². The van der Waals surface area contributed by atoms with Crippen LogP contribution in [0.3, 0.4) is 0 Å². The van der Waals surface area contributed by atoms with Crippen LogP contribution in [0.5, 0.6) is 0 Å². The van der Waals surface area contributed by atoms with Crippen LogP contribution in [0.1, 0.15) is 63.6 Å². The molecule has 21 heavy (non-hydrogen) atoms. The van der Waals surface area contributed by atoms with Gasteiger partial charge in [-0.05, 0) is 43.2 Å². The maximum Gasteiger partial charge on any atom is 0.141 e. The molecule has 1 aliphatic rings. The van der Waals surface area contributed by atoms with Gasteiger partial charge in [-0.25, -0.2) is 4.39 Å². The third kappa shape index (κ3) is 4.48. The summed E-state index contributed by atoms with van der Waals surface area (Å²) >= 11 is 0. The molecule has 0 spiro atoms. The predicted octanol–water partition coefficient (Wildman–Crippen LogP) is 3.59. The van der Waals surface area contributed by atoms with Crippen LogP contribution in [0.4, 0.5) is 4.39 Å². The fourth-order valence-corrected chi connectivity index (χ4v) is 3.45. The van der Waals surface area contributed by atoms with E-state index < -0.39 is 0 Å². The molecule has 1 saturated carbocycles. The van der Waals surface area contributed by atoms with Gasteiger partial charge in [0.25, 0.3) is 0 Å². The maximum atomic E-state index is 13.0. The number of aliphatic hydroxyl groups excluding tert-OH is 1. The van der Waals surface area contributed by atoms with Crippen molar-refractivity contribution in [1.82, 2.24) is 10.3 Å². The van der Waals surface area contributed by atoms with Gasteiger partial charge in [0.2, 0.25) is 0 Å². The summed E-state index contributed by atoms with van der Waals surface area (Å²) in [6.45, 7) is 3.28. The van der Waals surface area contributed by atoms with Crippen LogP contribution in [0.15, 0.2) is 18.3 Å². The molecule has 1 aromatic heterocycles. The fraction of sp³-hybridized carbons (Fsp3) is 0.706. The Morgan fingerprint density at radius 3 is 2.67 bits per heavy atom. The van der Waals surface area contributed by atoms with Crippen molar-refractivity contribution in [2.45, 2.75) is 57.9 Å². The molecule has 1 aliphatic carbocycles. The summed E-state index contributed by atoms with van der Waals surface area (Å²) in [5.41, 5.74) is 1.12. The van der Waals surface area contributed by atoms with E-state index in [9.17, 15) is 9.50 Å². The van der Waals surface area contributed by atoms with Crippen molar-refractivity contribution >= 4 is 0 Å². The van der Waals surface area contributed by atoms with E-state index in [4.69, 9.17) is 0 Å². The van der Waals surface area contributed by atoms with Gasteiger partial charge in [-0.3, -0.25) is 4.98 Å². The molecule has 0 aliphatic heterocycles. The lowest BCUT2D eigenvalue weighted by atomic mass is 9.72. The predicted molar refractivity (Wildman–Crippen MR) is 82.5 cm³/mol. The number of aromatic nitrogens is 1. The minimum Gasteiger partial charge on any atom is -0.396 e. The van der Waals surface area contributed by atoms with E-state index in [0.29, 0.717) is 0 Å². The molecule has 1 atom stereocenters. The Bertz CT molecular complexity index is 410. The Hall–Kier alpha value is -1.00. The van der Waals surface area contributed by atoms with E-state index in [1.807, 2.05) is 0 Å². The number of hydrogen-bond donors (Lipinski definition) is 2. The summed E-state index contributed by atoms with van der Waals surface area (Å²) in [5, 5.41) is 13.0. The molecule has 2 rings (SSSR count). The molecule has 2 N–H and O–H groups in total. The molecule has 0 amide bonds. The maximum absolute atomic E-state index is 13.0. The first-order valence-electron chi connectivity index (χ1n) is 8.15. The molecule has 118 valence electrons. The minimum absolute atomic E-state index is 0.156. The average molecular weight is 294 g/mol. The molecule has 0 saturated heterocycles. The van der Waals surface area contributed by atoms with Crippen LogP contribution < -0.4 is 5.32 Å². The first-order valence-corrected chi connectivity index (χ1v) is 8.15. The zero-order valence-corrected chi connectivity index (χ0v) is 12.9. The number of halogens is 1. The van der Waals surface area contributed by atoms with Gasteiger partial charge >= 0.3 is 0 Å². The van der Waals surface area contributed by atoms with Crippen molar-refractivity contribution in [3.8, 4) is 0 Å². The molecular weight excluding hydrogens is 267 g/mol. The molecule has 1 unspecified atom stereocenters. The number of pyridine rings is 1. The average Bonchev–Trinajstić information content (AvgIpc) is 2.51. The van der Waals surface area contributed by atoms with E-state index >= 15 is 0 Å². The molecular formula is C17H27FN2O. The van der Waals surface area contributed by atoms with Crippen LogP contribution >= 0.6 is 0 Å². The van der Waals surface area contributed by atoms with Gasteiger partial charge in [0, 0.05) is 19.2 Å². The third-order valence-corrected chi connectivity index (χ3v) is 4.80. The largest absolute Gasteiger partial charge is 0.396 e. The molecule has 3 nitrogen and oxygen atoms in total. The summed E-state index contributed by atoms with van der Waals surface area (Å²) in [4.78, 5) is 4.20. The van der Waals surface area contributed by atoms with Crippen LogP contribution in [0.2, 0.25) is 0 Å². The second kappa shape index (κ2) is 7.85. The van der Waals surface area contributed by atoms with E-state index in [1.54, 1.807) is 6.07 Å². The van der Waals surface area contributed by atoms with E-state index in [1.165, 1.54) is 44.4 Å². The van der Waals surface area contributed by atoms with Crippen LogP contribution in [0.25, 0.3) is 0 Å². The smallest absolute Gasteiger partial charge is 0.141 e. The zero-order valence-electron chi connectivity index (χ0n) is 12.9. The Morgan fingerprint density at radius 1 is 1.33 bits per heavy atom. The van der Waals surface area contributed by atoms with Crippen molar-refractivity contribution < 1.29 is 9.50 Å². The van der Waals surface area contributed by atoms with E-state index in [2.05, 4.69) is 17.2 Å². The SMILES string of the molecule is CCC(NCC1(CCO)CCCCC1)c1ccc(F)cn1. The molecule has 4 heteroatoms. The summed E-state index contributed by atoms with van der Waals surface area (Å²) in [5.74, 6) is -0.294. The third-order valence-electron chi connectivity index (χ3n) is 4.80. The van der Waals surface area contributed by atoms with Gasteiger partial charge in [-0.15, -0.1) is 0 Å². The highest BCUT2D eigenvalue weighted by molar-refractivity contribution is 5.10. The van der Waals surface area contributed by atoms with Gasteiger partial charge in [0.15, 0.2) is 0 Å². The van der Waals surface area contributed by atoms with Crippen molar-refractivity contribution in [2.24, 2.45) is 5.41 Å². The van der Waals surface area contributed by atoms with Crippen molar-refractivity contribution in [3.05, 3.63) is 29.8 Å². The summed E-state index contributed by atoms with van der Waals surface area (Å²) in [6, 6.07) is 3.38. The monoisotopic (exact) mass is 294 g/mol. The Balaban J connectivity index is 1.98. The van der Waals surface area contributed by atoms with Crippen LogP contribution in [0, 0.1) is 11.2 Å². The molecule has 1 aromatic rings. The summed E-state index contributed by atoms with van der Waals surface area (Å²) in [6.07, 6.45) is 9.27. The highest BCUT2D eigenvalue weighted by Crippen LogP contribution is 2.39. The molecule has 1 heterocycles. The minimum atomic E-state index is -0.294. The number of nitrogens with one attached hydrogen (secondary N) is 1. The van der Waals surface area contributed by atoms with E-state index in [0.717, 1.165) is 25.1 Å². The normalized spacial score (nSPS) is 19.4. The highest BCUT2D eigenvalue weighted by atomic mass is 19.1. The lowest BCUT2D eigenvalue weighted by Crippen LogP contribution is -2.38. The quantitative estimate of drug-likeness (QED) is 0.807. The molecule has 1 fully saturated rings. The molecule has 0 aromatic carbocycles. The van der Waals surface area contributed by atoms with E-state index in [-0.39, 0.29) is 23.9 Å². The summed E-state index contributed by atoms with van der Waals surface area (Å²) < 4.78 is 13.0. The van der Waals surface area contributed by atoms with Gasteiger partial charge < -0.3 is 10.4 Å². The van der Waals surface area contributed by atoms with Gasteiger partial charge in [0.05, 0.1) is 11.9 Å². The lowest BCUT2D eigenvalue weighted by molar-refractivity contribution is 0.122. The first kappa shape index (κ1) is 16.4. The van der Waals surface area contributed by atoms with Crippen molar-refractivity contribution in [3.63, 3.8) is 0 Å². The van der Waals surface area contributed by atoms with Crippen molar-refractivity contribution in [1.29, 1.82) is 0 Å². The molecule has 0 bridgehead atoms. The van der Waals surface area contributed by atoms with Crippen LogP contribution in [-0.2, 0) is 0 Å². The Morgan fingerprint density at radius 2 is 2.10 bits per heavy atom. The second-order valence-corrected chi connectivity index (χ2v) is 6.28. The number of rotatable bonds is 7. The number of aliphatic hydroxyl groups is 1. The summed E-state index contributed by atoms with van der Waals surface area (Å²) in [7, 11) is 0. The number of hydrogen-bond acceptors (Lipinski definition) is 3. The first-order chi connectivity index (χ1) is 10.2. The zero-order chi connectivity index (χ0) is 15.1. The topological polar surface area (TPSA) is 45.1 Å². The fourth-order valence-electron chi connectivity index (χ4n) is 3.45. The Labute approximate surface area is 127 Å². The van der Waals surface area contributed by atoms with Gasteiger partial charge in [-0.1, -0.05) is 26.2 Å². The van der Waals surface area contributed by atoms with Crippen molar-refractivity contribution in [2.75, 3.05) is 13.2 Å². The molecule has 0 radical (unpaired) electrons. The number of nitrogens with zero attached hydrogens (tertiary/aromatic N) is 1. The Kier molecular flexibility index (Phi) is 6.12.